The van der Waals surface area contributed by atoms with Gasteiger partial charge in [0.15, 0.2) is 11.5 Å². The van der Waals surface area contributed by atoms with Crippen LogP contribution in [-0.2, 0) is 6.42 Å². The van der Waals surface area contributed by atoms with E-state index in [2.05, 4.69) is 47.2 Å². The lowest BCUT2D eigenvalue weighted by molar-refractivity contribution is 0.102. The van der Waals surface area contributed by atoms with Crippen LogP contribution in [-0.4, -0.2) is 62.7 Å². The van der Waals surface area contributed by atoms with Crippen molar-refractivity contribution in [2.45, 2.75) is 26.3 Å². The van der Waals surface area contributed by atoms with Crippen LogP contribution in [0.5, 0.6) is 11.5 Å². The van der Waals surface area contributed by atoms with Gasteiger partial charge in [-0.25, -0.2) is 0 Å². The number of methoxy groups -OCH3 is 2. The maximum Gasteiger partial charge on any atom is 0.256 e. The van der Waals surface area contributed by atoms with Gasteiger partial charge in [-0.2, -0.15) is 0 Å². The third-order valence-corrected chi connectivity index (χ3v) is 7.87. The summed E-state index contributed by atoms with van der Waals surface area (Å²) in [6.07, 6.45) is 0.918. The lowest BCUT2D eigenvalue weighted by atomic mass is 9.96. The number of carbonyl (C=O) groups is 1. The molecule has 3 aromatic rings. The van der Waals surface area contributed by atoms with Gasteiger partial charge in [0.1, 0.15) is 5.00 Å². The minimum Gasteiger partial charge on any atom is -0.493 e. The van der Waals surface area contributed by atoms with Crippen LogP contribution in [0, 0.1) is 0 Å². The average Bonchev–Trinajstić information content (AvgIpc) is 3.31. The van der Waals surface area contributed by atoms with E-state index in [-0.39, 0.29) is 11.9 Å². The fourth-order valence-corrected chi connectivity index (χ4v) is 5.67. The SMILES string of the molecule is CCc1cc(C(c2ccc(OC)c(OC)c2)N2CCN(CC)CC2)c(NC(=O)c2ccccc2)s1. The lowest BCUT2D eigenvalue weighted by Gasteiger charge is -2.39. The second-order valence-electron chi connectivity index (χ2n) is 8.66. The highest BCUT2D eigenvalue weighted by atomic mass is 32.1. The lowest BCUT2D eigenvalue weighted by Crippen LogP contribution is -2.47. The Labute approximate surface area is 212 Å². The first-order valence-electron chi connectivity index (χ1n) is 12.2. The summed E-state index contributed by atoms with van der Waals surface area (Å²) in [5, 5.41) is 4.14. The van der Waals surface area contributed by atoms with E-state index in [1.54, 1.807) is 25.6 Å². The summed E-state index contributed by atoms with van der Waals surface area (Å²) in [6.45, 7) is 9.39. The Balaban J connectivity index is 1.76. The highest BCUT2D eigenvalue weighted by Crippen LogP contribution is 2.42. The van der Waals surface area contributed by atoms with E-state index in [1.165, 1.54) is 4.88 Å². The maximum atomic E-state index is 13.1. The van der Waals surface area contributed by atoms with Gasteiger partial charge in [0.05, 0.1) is 20.3 Å². The van der Waals surface area contributed by atoms with Gasteiger partial charge < -0.3 is 19.7 Å². The van der Waals surface area contributed by atoms with Crippen molar-refractivity contribution in [1.82, 2.24) is 9.80 Å². The Hall–Kier alpha value is -2.87. The minimum atomic E-state index is -0.0850. The highest BCUT2D eigenvalue weighted by molar-refractivity contribution is 7.16. The van der Waals surface area contributed by atoms with E-state index >= 15 is 0 Å². The molecule has 1 fully saturated rings. The summed E-state index contributed by atoms with van der Waals surface area (Å²) in [5.74, 6) is 1.34. The monoisotopic (exact) mass is 493 g/mol. The molecule has 1 aliphatic rings. The number of piperazine rings is 1. The van der Waals surface area contributed by atoms with E-state index in [1.807, 2.05) is 36.4 Å². The first-order chi connectivity index (χ1) is 17.1. The molecule has 186 valence electrons. The van der Waals surface area contributed by atoms with Gasteiger partial charge in [-0.15, -0.1) is 11.3 Å². The van der Waals surface area contributed by atoms with Crippen molar-refractivity contribution in [3.05, 3.63) is 76.2 Å². The number of carbonyl (C=O) groups excluding carboxylic acids is 1. The summed E-state index contributed by atoms with van der Waals surface area (Å²) in [6, 6.07) is 17.8. The molecule has 0 saturated carbocycles. The molecule has 0 aliphatic carbocycles. The number of ether oxygens (including phenoxy) is 2. The molecule has 4 rings (SSSR count). The maximum absolute atomic E-state index is 13.1. The number of anilines is 1. The highest BCUT2D eigenvalue weighted by Gasteiger charge is 2.30. The molecule has 1 saturated heterocycles. The quantitative estimate of drug-likeness (QED) is 0.438. The van der Waals surface area contributed by atoms with Crippen molar-refractivity contribution in [3.8, 4) is 11.5 Å². The Kier molecular flexibility index (Phi) is 8.44. The van der Waals surface area contributed by atoms with Gasteiger partial charge in [0.25, 0.3) is 5.91 Å². The van der Waals surface area contributed by atoms with Gasteiger partial charge in [-0.1, -0.05) is 38.1 Å². The Morgan fingerprint density at radius 3 is 2.31 bits per heavy atom. The Morgan fingerprint density at radius 1 is 0.971 bits per heavy atom. The van der Waals surface area contributed by atoms with Gasteiger partial charge in [-0.3, -0.25) is 9.69 Å². The van der Waals surface area contributed by atoms with Gasteiger partial charge in [0, 0.05) is 42.2 Å². The molecule has 2 aromatic carbocycles. The first kappa shape index (κ1) is 25.2. The van der Waals surface area contributed by atoms with Crippen LogP contribution < -0.4 is 14.8 Å². The Morgan fingerprint density at radius 2 is 1.69 bits per heavy atom. The molecule has 0 radical (unpaired) electrons. The van der Waals surface area contributed by atoms with Crippen molar-refractivity contribution < 1.29 is 14.3 Å². The molecule has 1 atom stereocenters. The number of likely N-dealkylation sites (N-methyl/N-ethyl adjacent to an activating group) is 1. The molecule has 2 heterocycles. The number of rotatable bonds is 9. The van der Waals surface area contributed by atoms with Crippen molar-refractivity contribution in [3.63, 3.8) is 0 Å². The molecule has 0 spiro atoms. The molecular weight excluding hydrogens is 458 g/mol. The second-order valence-corrected chi connectivity index (χ2v) is 9.79. The predicted molar refractivity (Wildman–Crippen MR) is 143 cm³/mol. The van der Waals surface area contributed by atoms with Crippen LogP contribution in [0.15, 0.2) is 54.6 Å². The van der Waals surface area contributed by atoms with Crippen LogP contribution in [0.4, 0.5) is 5.00 Å². The molecule has 7 heteroatoms. The number of amides is 1. The van der Waals surface area contributed by atoms with E-state index in [0.29, 0.717) is 17.1 Å². The zero-order valence-electron chi connectivity index (χ0n) is 21.0. The van der Waals surface area contributed by atoms with Crippen LogP contribution in [0.25, 0.3) is 0 Å². The summed E-state index contributed by atoms with van der Waals surface area (Å²) in [4.78, 5) is 19.4. The van der Waals surface area contributed by atoms with Gasteiger partial charge in [0.2, 0.25) is 0 Å². The van der Waals surface area contributed by atoms with Crippen molar-refractivity contribution in [2.75, 3.05) is 52.3 Å². The van der Waals surface area contributed by atoms with E-state index < -0.39 is 0 Å². The van der Waals surface area contributed by atoms with E-state index in [4.69, 9.17) is 9.47 Å². The standard InChI is InChI=1S/C28H35N3O3S/c1-5-22-19-23(28(35-22)29-27(32)20-10-8-7-9-11-20)26(31-16-14-30(6-2)15-17-31)21-12-13-24(33-3)25(18-21)34-4/h7-13,18-19,26H,5-6,14-17H2,1-4H3,(H,29,32). The molecular formula is C28H35N3O3S. The smallest absolute Gasteiger partial charge is 0.256 e. The molecule has 1 aliphatic heterocycles. The van der Waals surface area contributed by atoms with E-state index in [0.717, 1.165) is 55.3 Å². The summed E-state index contributed by atoms with van der Waals surface area (Å²) in [5.41, 5.74) is 2.92. The second kappa shape index (κ2) is 11.7. The summed E-state index contributed by atoms with van der Waals surface area (Å²) < 4.78 is 11.1. The van der Waals surface area contributed by atoms with Gasteiger partial charge >= 0.3 is 0 Å². The Bertz CT molecular complexity index is 1120. The molecule has 0 bridgehead atoms. The van der Waals surface area contributed by atoms with Crippen LogP contribution in [0.2, 0.25) is 0 Å². The zero-order valence-corrected chi connectivity index (χ0v) is 21.9. The molecule has 1 unspecified atom stereocenters. The number of hydrogen-bond donors (Lipinski definition) is 1. The number of benzene rings is 2. The first-order valence-corrected chi connectivity index (χ1v) is 13.1. The summed E-state index contributed by atoms with van der Waals surface area (Å²) >= 11 is 1.67. The van der Waals surface area contributed by atoms with Crippen LogP contribution in [0.1, 0.15) is 46.3 Å². The molecule has 35 heavy (non-hydrogen) atoms. The number of nitrogens with one attached hydrogen (secondary N) is 1. The third kappa shape index (κ3) is 5.69. The number of nitrogens with zero attached hydrogens (tertiary/aromatic N) is 2. The predicted octanol–water partition coefficient (Wildman–Crippen LogP) is 5.31. The van der Waals surface area contributed by atoms with Crippen molar-refractivity contribution >= 4 is 22.2 Å². The number of thiophene rings is 1. The van der Waals surface area contributed by atoms with E-state index in [9.17, 15) is 4.79 Å². The topological polar surface area (TPSA) is 54.0 Å². The van der Waals surface area contributed by atoms with Crippen LogP contribution >= 0.6 is 11.3 Å². The number of aryl methyl sites for hydroxylation is 1. The minimum absolute atomic E-state index is 0.00330. The fourth-order valence-electron chi connectivity index (χ4n) is 4.65. The molecule has 1 amide bonds. The van der Waals surface area contributed by atoms with Gasteiger partial charge in [-0.05, 0) is 48.9 Å². The zero-order chi connectivity index (χ0) is 24.8. The van der Waals surface area contributed by atoms with Crippen LogP contribution in [0.3, 0.4) is 0 Å². The molecule has 6 nitrogen and oxygen atoms in total. The fraction of sp³-hybridized carbons (Fsp3) is 0.393. The number of hydrogen-bond acceptors (Lipinski definition) is 6. The summed E-state index contributed by atoms with van der Waals surface area (Å²) in [7, 11) is 3.32. The molecule has 1 aromatic heterocycles. The third-order valence-electron chi connectivity index (χ3n) is 6.66. The molecule has 1 N–H and O–H groups in total. The van der Waals surface area contributed by atoms with Crippen molar-refractivity contribution in [2.24, 2.45) is 0 Å². The largest absolute Gasteiger partial charge is 0.493 e. The average molecular weight is 494 g/mol. The normalized spacial score (nSPS) is 15.5. The van der Waals surface area contributed by atoms with Crippen molar-refractivity contribution in [1.29, 1.82) is 0 Å².